The lowest BCUT2D eigenvalue weighted by atomic mass is 9.99. The first-order valence-electron chi connectivity index (χ1n) is 5.35. The topological polar surface area (TPSA) is 58.6 Å². The van der Waals surface area contributed by atoms with E-state index < -0.39 is 18.1 Å². The maximum absolute atomic E-state index is 11.3. The summed E-state index contributed by atoms with van der Waals surface area (Å²) in [7, 11) is 0. The molecular weight excluding hydrogens is 218 g/mol. The summed E-state index contributed by atoms with van der Waals surface area (Å²) in [6.07, 6.45) is -0.762. The fourth-order valence-electron chi connectivity index (χ4n) is 1.78. The molecule has 1 heterocycles. The molecule has 2 N–H and O–H groups in total. The molecule has 0 aliphatic carbocycles. The zero-order valence-corrected chi connectivity index (χ0v) is 9.43. The molecule has 4 nitrogen and oxygen atoms in total. The normalized spacial score (nSPS) is 21.5. The molecule has 1 aromatic carbocycles. The molecule has 0 aromatic heterocycles. The first-order chi connectivity index (χ1) is 8.22. The lowest BCUT2D eigenvalue weighted by molar-refractivity contribution is -0.117. The number of aliphatic hydroxyl groups excluding tert-OH is 1. The Labute approximate surface area is 99.6 Å². The smallest absolute Gasteiger partial charge is 0.296 e. The number of amides is 1. The quantitative estimate of drug-likeness (QED) is 0.697. The molecule has 1 aliphatic heterocycles. The van der Waals surface area contributed by atoms with E-state index in [2.05, 4.69) is 17.2 Å². The second kappa shape index (κ2) is 4.89. The van der Waals surface area contributed by atoms with Gasteiger partial charge >= 0.3 is 0 Å². The summed E-state index contributed by atoms with van der Waals surface area (Å²) in [4.78, 5) is 11.3. The average molecular weight is 231 g/mol. The van der Waals surface area contributed by atoms with Gasteiger partial charge in [0.1, 0.15) is 18.5 Å². The molecule has 4 heteroatoms. The van der Waals surface area contributed by atoms with Gasteiger partial charge in [-0.25, -0.2) is 0 Å². The number of benzene rings is 1. The van der Waals surface area contributed by atoms with E-state index in [4.69, 9.17) is 4.74 Å². The number of carbonyl (C=O) groups is 1. The van der Waals surface area contributed by atoms with Gasteiger partial charge in [-0.3, -0.25) is 4.79 Å². The maximum Gasteiger partial charge on any atom is 0.296 e. The van der Waals surface area contributed by atoms with E-state index in [9.17, 15) is 9.90 Å². The zero-order chi connectivity index (χ0) is 12.3. The molecule has 0 bridgehead atoms. The molecule has 0 saturated carbocycles. The third kappa shape index (κ3) is 2.40. The number of carbonyl (C=O) groups excluding carboxylic acids is 1. The molecule has 2 atom stereocenters. The van der Waals surface area contributed by atoms with Crippen LogP contribution in [0.3, 0.4) is 0 Å². The van der Waals surface area contributed by atoms with Crippen LogP contribution in [0.4, 0.5) is 0 Å². The van der Waals surface area contributed by atoms with Crippen LogP contribution in [0, 0.1) is 11.8 Å². The molecule has 0 saturated heterocycles. The van der Waals surface area contributed by atoms with E-state index in [0.29, 0.717) is 11.3 Å². The standard InChI is InChI=1S/C13H13NO3/c1-2-5-12(15)14-10-8-17-11-7-4-3-6-9(11)13(10)16/h3-4,6-7,10,13,16H,8H2,1H3,(H,14,15). The number of para-hydroxylation sites is 1. The Hall–Kier alpha value is -1.99. The molecule has 1 aliphatic rings. The second-order valence-electron chi connectivity index (χ2n) is 3.75. The number of rotatable bonds is 1. The zero-order valence-electron chi connectivity index (χ0n) is 9.43. The number of aliphatic hydroxyl groups is 1. The highest BCUT2D eigenvalue weighted by molar-refractivity contribution is 5.93. The molecule has 0 fully saturated rings. The Kier molecular flexibility index (Phi) is 3.31. The monoisotopic (exact) mass is 231 g/mol. The minimum absolute atomic E-state index is 0.245. The number of hydrogen-bond acceptors (Lipinski definition) is 3. The van der Waals surface area contributed by atoms with Crippen molar-refractivity contribution in [3.8, 4) is 17.6 Å². The fraction of sp³-hybridized carbons (Fsp3) is 0.308. The first-order valence-corrected chi connectivity index (χ1v) is 5.35. The van der Waals surface area contributed by atoms with Gasteiger partial charge in [-0.2, -0.15) is 0 Å². The molecule has 0 radical (unpaired) electrons. The van der Waals surface area contributed by atoms with Crippen molar-refractivity contribution in [1.82, 2.24) is 5.32 Å². The van der Waals surface area contributed by atoms with E-state index in [-0.39, 0.29) is 6.61 Å². The Morgan fingerprint density at radius 2 is 2.29 bits per heavy atom. The first kappa shape index (κ1) is 11.5. The molecule has 0 spiro atoms. The summed E-state index contributed by atoms with van der Waals surface area (Å²) in [6.45, 7) is 1.83. The van der Waals surface area contributed by atoms with Crippen molar-refractivity contribution in [3.63, 3.8) is 0 Å². The van der Waals surface area contributed by atoms with Gasteiger partial charge in [0.25, 0.3) is 5.91 Å². The highest BCUT2D eigenvalue weighted by atomic mass is 16.5. The Morgan fingerprint density at radius 1 is 1.53 bits per heavy atom. The van der Waals surface area contributed by atoms with Crippen LogP contribution in [-0.2, 0) is 4.79 Å². The third-order valence-electron chi connectivity index (χ3n) is 2.59. The summed E-state index contributed by atoms with van der Waals surface area (Å²) >= 11 is 0. The van der Waals surface area contributed by atoms with Gasteiger partial charge in [-0.1, -0.05) is 24.1 Å². The number of hydrogen-bond donors (Lipinski definition) is 2. The van der Waals surface area contributed by atoms with Gasteiger partial charge in [-0.05, 0) is 18.9 Å². The van der Waals surface area contributed by atoms with Gasteiger partial charge in [0.15, 0.2) is 0 Å². The second-order valence-corrected chi connectivity index (χ2v) is 3.75. The molecule has 1 amide bonds. The Morgan fingerprint density at radius 3 is 3.06 bits per heavy atom. The fourth-order valence-corrected chi connectivity index (χ4v) is 1.78. The minimum atomic E-state index is -0.762. The van der Waals surface area contributed by atoms with E-state index in [1.165, 1.54) is 0 Å². The number of nitrogens with one attached hydrogen (secondary N) is 1. The summed E-state index contributed by atoms with van der Waals surface area (Å²) in [5.41, 5.74) is 0.688. The predicted molar refractivity (Wildman–Crippen MR) is 62.3 cm³/mol. The van der Waals surface area contributed by atoms with E-state index >= 15 is 0 Å². The van der Waals surface area contributed by atoms with Crippen LogP contribution in [0.5, 0.6) is 5.75 Å². The van der Waals surface area contributed by atoms with Crippen LogP contribution in [0.15, 0.2) is 24.3 Å². The SMILES string of the molecule is CC#CC(=O)NC1COc2ccccc2C1O. The summed E-state index contributed by atoms with van der Waals surface area (Å²) < 4.78 is 5.46. The van der Waals surface area contributed by atoms with Crippen LogP contribution in [0.1, 0.15) is 18.6 Å². The van der Waals surface area contributed by atoms with Gasteiger partial charge in [0, 0.05) is 5.56 Å². The van der Waals surface area contributed by atoms with Crippen molar-refractivity contribution in [1.29, 1.82) is 0 Å². The van der Waals surface area contributed by atoms with Crippen molar-refractivity contribution in [2.75, 3.05) is 6.61 Å². The summed E-state index contributed by atoms with van der Waals surface area (Å²) in [5.74, 6) is 5.13. The molecule has 1 aromatic rings. The molecule has 2 unspecified atom stereocenters. The van der Waals surface area contributed by atoms with Crippen molar-refractivity contribution < 1.29 is 14.6 Å². The van der Waals surface area contributed by atoms with Crippen molar-refractivity contribution >= 4 is 5.91 Å². The maximum atomic E-state index is 11.3. The largest absolute Gasteiger partial charge is 0.491 e. The van der Waals surface area contributed by atoms with Gasteiger partial charge in [-0.15, -0.1) is 0 Å². The van der Waals surface area contributed by atoms with Gasteiger partial charge in [0.05, 0.1) is 6.04 Å². The molecule has 17 heavy (non-hydrogen) atoms. The lowest BCUT2D eigenvalue weighted by Crippen LogP contribution is -2.45. The Balaban J connectivity index is 2.14. The number of fused-ring (bicyclic) bond motifs is 1. The Bertz CT molecular complexity index is 487. The van der Waals surface area contributed by atoms with E-state index in [1.54, 1.807) is 19.1 Å². The van der Waals surface area contributed by atoms with Crippen LogP contribution in [-0.4, -0.2) is 23.7 Å². The van der Waals surface area contributed by atoms with Crippen molar-refractivity contribution in [2.45, 2.75) is 19.1 Å². The van der Waals surface area contributed by atoms with Crippen LogP contribution >= 0.6 is 0 Å². The highest BCUT2D eigenvalue weighted by Gasteiger charge is 2.29. The van der Waals surface area contributed by atoms with E-state index in [1.807, 2.05) is 12.1 Å². The van der Waals surface area contributed by atoms with Gasteiger partial charge < -0.3 is 15.2 Å². The summed E-state index contributed by atoms with van der Waals surface area (Å²) in [5, 5.41) is 12.7. The van der Waals surface area contributed by atoms with Crippen molar-refractivity contribution in [2.24, 2.45) is 0 Å². The predicted octanol–water partition coefficient (Wildman–Crippen LogP) is 0.620. The van der Waals surface area contributed by atoms with Crippen molar-refractivity contribution in [3.05, 3.63) is 29.8 Å². The van der Waals surface area contributed by atoms with Crippen LogP contribution < -0.4 is 10.1 Å². The molecular formula is C13H13NO3. The summed E-state index contributed by atoms with van der Waals surface area (Å²) in [6, 6.07) is 6.78. The average Bonchev–Trinajstić information content (AvgIpc) is 2.33. The minimum Gasteiger partial charge on any atom is -0.491 e. The number of ether oxygens (including phenoxy) is 1. The molecule has 88 valence electrons. The third-order valence-corrected chi connectivity index (χ3v) is 2.59. The highest BCUT2D eigenvalue weighted by Crippen LogP contribution is 2.31. The molecule has 2 rings (SSSR count). The van der Waals surface area contributed by atoms with Crippen LogP contribution in [0.25, 0.3) is 0 Å². The van der Waals surface area contributed by atoms with E-state index in [0.717, 1.165) is 0 Å². The van der Waals surface area contributed by atoms with Crippen LogP contribution in [0.2, 0.25) is 0 Å². The lowest BCUT2D eigenvalue weighted by Gasteiger charge is -2.30. The van der Waals surface area contributed by atoms with Gasteiger partial charge in [0.2, 0.25) is 0 Å².